The maximum atomic E-state index is 11.6. The molecule has 0 heterocycles. The molecule has 0 aromatic carbocycles. The Morgan fingerprint density at radius 3 is 2.19 bits per heavy atom. The number of amides is 1. The zero-order valence-corrected chi connectivity index (χ0v) is 10.7. The second kappa shape index (κ2) is 7.22. The lowest BCUT2D eigenvalue weighted by Crippen LogP contribution is -2.48. The first kappa shape index (κ1) is 14.9. The SMILES string of the molecule is COC(=O)CC(C)NC(C)C(=O)NC(C)C. The zero-order chi connectivity index (χ0) is 12.7. The first-order valence-corrected chi connectivity index (χ1v) is 5.50. The van der Waals surface area contributed by atoms with Gasteiger partial charge in [-0.05, 0) is 27.7 Å². The maximum Gasteiger partial charge on any atom is 0.307 e. The number of carbonyl (C=O) groups is 2. The monoisotopic (exact) mass is 230 g/mol. The number of esters is 1. The number of nitrogens with one attached hydrogen (secondary N) is 2. The first-order chi connectivity index (χ1) is 7.36. The standard InChI is InChI=1S/C11H22N2O3/c1-7(2)12-11(15)9(4)13-8(3)6-10(14)16-5/h7-9,13H,6H2,1-5H3,(H,12,15). The minimum atomic E-state index is -0.318. The highest BCUT2D eigenvalue weighted by molar-refractivity contribution is 5.81. The van der Waals surface area contributed by atoms with Crippen LogP contribution in [-0.4, -0.2) is 37.1 Å². The van der Waals surface area contributed by atoms with Crippen LogP contribution in [0.2, 0.25) is 0 Å². The number of ether oxygens (including phenoxy) is 1. The summed E-state index contributed by atoms with van der Waals surface area (Å²) in [5.74, 6) is -0.344. The van der Waals surface area contributed by atoms with Crippen molar-refractivity contribution < 1.29 is 14.3 Å². The van der Waals surface area contributed by atoms with E-state index in [9.17, 15) is 9.59 Å². The molecule has 0 saturated heterocycles. The zero-order valence-electron chi connectivity index (χ0n) is 10.7. The van der Waals surface area contributed by atoms with Crippen molar-refractivity contribution >= 4 is 11.9 Å². The molecule has 0 radical (unpaired) electrons. The fourth-order valence-corrected chi connectivity index (χ4v) is 1.30. The number of carbonyl (C=O) groups excluding carboxylic acids is 2. The van der Waals surface area contributed by atoms with Crippen molar-refractivity contribution in [2.24, 2.45) is 0 Å². The maximum absolute atomic E-state index is 11.6. The molecule has 2 N–H and O–H groups in total. The predicted octanol–water partition coefficient (Wildman–Crippen LogP) is 0.441. The molecule has 16 heavy (non-hydrogen) atoms. The summed E-state index contributed by atoms with van der Waals surface area (Å²) in [5.41, 5.74) is 0. The van der Waals surface area contributed by atoms with Crippen molar-refractivity contribution in [3.05, 3.63) is 0 Å². The number of methoxy groups -OCH3 is 1. The van der Waals surface area contributed by atoms with E-state index in [1.807, 2.05) is 20.8 Å². The Balaban J connectivity index is 3.98. The van der Waals surface area contributed by atoms with E-state index >= 15 is 0 Å². The Morgan fingerprint density at radius 2 is 1.75 bits per heavy atom. The van der Waals surface area contributed by atoms with Gasteiger partial charge in [0.25, 0.3) is 0 Å². The van der Waals surface area contributed by atoms with Crippen LogP contribution in [0.3, 0.4) is 0 Å². The van der Waals surface area contributed by atoms with E-state index in [0.29, 0.717) is 0 Å². The lowest BCUT2D eigenvalue weighted by atomic mass is 10.2. The molecule has 0 bridgehead atoms. The van der Waals surface area contributed by atoms with Gasteiger partial charge in [0.2, 0.25) is 5.91 Å². The Hall–Kier alpha value is -1.10. The van der Waals surface area contributed by atoms with Crippen LogP contribution >= 0.6 is 0 Å². The number of hydrogen-bond donors (Lipinski definition) is 2. The van der Waals surface area contributed by atoms with Gasteiger partial charge in [-0.1, -0.05) is 0 Å². The van der Waals surface area contributed by atoms with Crippen molar-refractivity contribution in [3.8, 4) is 0 Å². The summed E-state index contributed by atoms with van der Waals surface area (Å²) in [6.07, 6.45) is 0.260. The lowest BCUT2D eigenvalue weighted by molar-refractivity contribution is -0.141. The van der Waals surface area contributed by atoms with Crippen LogP contribution in [0, 0.1) is 0 Å². The third kappa shape index (κ3) is 6.40. The molecule has 2 unspecified atom stereocenters. The van der Waals surface area contributed by atoms with Crippen LogP contribution in [-0.2, 0) is 14.3 Å². The summed E-state index contributed by atoms with van der Waals surface area (Å²) in [5, 5.41) is 5.83. The van der Waals surface area contributed by atoms with Gasteiger partial charge in [0.15, 0.2) is 0 Å². The molecule has 2 atom stereocenters. The van der Waals surface area contributed by atoms with Crippen molar-refractivity contribution in [2.45, 2.75) is 52.2 Å². The van der Waals surface area contributed by atoms with Gasteiger partial charge in [0.05, 0.1) is 19.6 Å². The van der Waals surface area contributed by atoms with E-state index in [1.54, 1.807) is 6.92 Å². The summed E-state index contributed by atoms with van der Waals surface area (Å²) in [4.78, 5) is 22.5. The van der Waals surface area contributed by atoms with Gasteiger partial charge < -0.3 is 15.4 Å². The lowest BCUT2D eigenvalue weighted by Gasteiger charge is -2.19. The molecular weight excluding hydrogens is 208 g/mol. The molecule has 0 spiro atoms. The molecule has 0 aliphatic heterocycles. The topological polar surface area (TPSA) is 67.4 Å². The van der Waals surface area contributed by atoms with Crippen LogP contribution in [0.1, 0.15) is 34.1 Å². The highest BCUT2D eigenvalue weighted by atomic mass is 16.5. The molecule has 0 aromatic rings. The smallest absolute Gasteiger partial charge is 0.307 e. The fourth-order valence-electron chi connectivity index (χ4n) is 1.30. The Labute approximate surface area is 96.9 Å². The molecule has 0 aliphatic rings. The Bertz CT molecular complexity index is 241. The van der Waals surface area contributed by atoms with Gasteiger partial charge in [-0.15, -0.1) is 0 Å². The molecule has 0 rings (SSSR count). The van der Waals surface area contributed by atoms with Gasteiger partial charge in [-0.3, -0.25) is 9.59 Å². The van der Waals surface area contributed by atoms with E-state index in [0.717, 1.165) is 0 Å². The van der Waals surface area contributed by atoms with Gasteiger partial charge >= 0.3 is 5.97 Å². The summed E-state index contributed by atoms with van der Waals surface area (Å²) in [7, 11) is 1.35. The van der Waals surface area contributed by atoms with Crippen molar-refractivity contribution in [2.75, 3.05) is 7.11 Å². The van der Waals surface area contributed by atoms with Gasteiger partial charge in [-0.25, -0.2) is 0 Å². The molecule has 0 fully saturated rings. The van der Waals surface area contributed by atoms with Crippen molar-refractivity contribution in [1.82, 2.24) is 10.6 Å². The number of rotatable bonds is 6. The second-order valence-corrected chi connectivity index (χ2v) is 4.23. The summed E-state index contributed by atoms with van der Waals surface area (Å²) >= 11 is 0. The highest BCUT2D eigenvalue weighted by Crippen LogP contribution is 1.96. The second-order valence-electron chi connectivity index (χ2n) is 4.23. The molecule has 5 nitrogen and oxygen atoms in total. The summed E-state index contributed by atoms with van der Waals surface area (Å²) < 4.78 is 4.55. The normalized spacial score (nSPS) is 14.4. The largest absolute Gasteiger partial charge is 0.469 e. The van der Waals surface area contributed by atoms with E-state index in [2.05, 4.69) is 15.4 Å². The van der Waals surface area contributed by atoms with E-state index in [1.165, 1.54) is 7.11 Å². The van der Waals surface area contributed by atoms with Crippen molar-refractivity contribution in [3.63, 3.8) is 0 Å². The quantitative estimate of drug-likeness (QED) is 0.650. The number of hydrogen-bond acceptors (Lipinski definition) is 4. The third-order valence-corrected chi connectivity index (χ3v) is 2.06. The Morgan fingerprint density at radius 1 is 1.19 bits per heavy atom. The minimum Gasteiger partial charge on any atom is -0.469 e. The molecule has 0 aliphatic carbocycles. The molecular formula is C11H22N2O3. The molecule has 1 amide bonds. The fraction of sp³-hybridized carbons (Fsp3) is 0.818. The summed E-state index contributed by atoms with van der Waals surface area (Å²) in [6.45, 7) is 7.42. The van der Waals surface area contributed by atoms with Crippen LogP contribution in [0.25, 0.3) is 0 Å². The molecule has 5 heteroatoms. The molecule has 94 valence electrons. The van der Waals surface area contributed by atoms with Crippen LogP contribution < -0.4 is 10.6 Å². The molecule has 0 saturated carbocycles. The Kier molecular flexibility index (Phi) is 6.72. The van der Waals surface area contributed by atoms with E-state index < -0.39 is 0 Å². The third-order valence-electron chi connectivity index (χ3n) is 2.06. The van der Waals surface area contributed by atoms with Crippen LogP contribution in [0.15, 0.2) is 0 Å². The average molecular weight is 230 g/mol. The van der Waals surface area contributed by atoms with E-state index in [-0.39, 0.29) is 36.4 Å². The van der Waals surface area contributed by atoms with Crippen molar-refractivity contribution in [1.29, 1.82) is 0 Å². The average Bonchev–Trinajstić information content (AvgIpc) is 2.16. The first-order valence-electron chi connectivity index (χ1n) is 5.50. The molecule has 0 aromatic heterocycles. The van der Waals surface area contributed by atoms with Crippen LogP contribution in [0.4, 0.5) is 0 Å². The predicted molar refractivity (Wildman–Crippen MR) is 62.0 cm³/mol. The minimum absolute atomic E-state index is 0.0632. The van der Waals surface area contributed by atoms with Crippen LogP contribution in [0.5, 0.6) is 0 Å². The highest BCUT2D eigenvalue weighted by Gasteiger charge is 2.17. The van der Waals surface area contributed by atoms with E-state index in [4.69, 9.17) is 0 Å². The van der Waals surface area contributed by atoms with Gasteiger partial charge in [-0.2, -0.15) is 0 Å². The van der Waals surface area contributed by atoms with Gasteiger partial charge in [0, 0.05) is 12.1 Å². The van der Waals surface area contributed by atoms with Gasteiger partial charge in [0.1, 0.15) is 0 Å². The summed E-state index contributed by atoms with van der Waals surface area (Å²) in [6, 6.07) is -0.282.